The number of hydrogen-bond donors (Lipinski definition) is 3. The van der Waals surface area contributed by atoms with Crippen LogP contribution in [0.1, 0.15) is 6.92 Å². The Bertz CT molecular complexity index is 521. The third-order valence-corrected chi connectivity index (χ3v) is 3.69. The van der Waals surface area contributed by atoms with E-state index in [1.54, 1.807) is 18.2 Å². The highest BCUT2D eigenvalue weighted by Crippen LogP contribution is 2.17. The van der Waals surface area contributed by atoms with Crippen molar-refractivity contribution in [3.05, 3.63) is 24.3 Å². The minimum atomic E-state index is -1.07. The second-order valence-corrected chi connectivity index (χ2v) is 5.89. The summed E-state index contributed by atoms with van der Waals surface area (Å²) in [7, 11) is -0.919. The van der Waals surface area contributed by atoms with Crippen molar-refractivity contribution in [3.8, 4) is 5.75 Å². The lowest BCUT2D eigenvalue weighted by Gasteiger charge is -2.09. The van der Waals surface area contributed by atoms with E-state index in [1.165, 1.54) is 6.07 Å². The Morgan fingerprint density at radius 2 is 2.14 bits per heavy atom. The van der Waals surface area contributed by atoms with Crippen molar-refractivity contribution in [2.75, 3.05) is 30.0 Å². The zero-order valence-corrected chi connectivity index (χ0v) is 12.4. The molecule has 0 saturated heterocycles. The number of anilines is 1. The molecular weight excluding hydrogens is 296 g/mol. The highest BCUT2D eigenvalue weighted by Gasteiger charge is 2.04. The molecule has 116 valence electrons. The molecule has 0 fully saturated rings. The first kappa shape index (κ1) is 17.0. The first-order valence-electron chi connectivity index (χ1n) is 6.35. The van der Waals surface area contributed by atoms with Crippen LogP contribution in [-0.4, -0.2) is 46.0 Å². The first-order chi connectivity index (χ1) is 10.0. The topological polar surface area (TPSA) is 105 Å². The number of benzene rings is 1. The SMILES string of the molecule is CCS(=O)CCNC(=O)Nc1cccc(OCC(=O)O)c1. The molecule has 0 aromatic heterocycles. The Balaban J connectivity index is 2.43. The van der Waals surface area contributed by atoms with Crippen LogP contribution in [0.15, 0.2) is 24.3 Å². The van der Waals surface area contributed by atoms with Gasteiger partial charge in [0, 0.05) is 40.6 Å². The number of aliphatic carboxylic acids is 1. The number of carbonyl (C=O) groups is 2. The number of hydrogen-bond acceptors (Lipinski definition) is 4. The van der Waals surface area contributed by atoms with Crippen LogP contribution in [0.4, 0.5) is 10.5 Å². The molecule has 2 amide bonds. The molecule has 1 aromatic carbocycles. The maximum Gasteiger partial charge on any atom is 0.341 e. The predicted octanol–water partition coefficient (Wildman–Crippen LogP) is 1.04. The molecule has 21 heavy (non-hydrogen) atoms. The van der Waals surface area contributed by atoms with Gasteiger partial charge in [-0.3, -0.25) is 4.21 Å². The van der Waals surface area contributed by atoms with Crippen LogP contribution in [-0.2, 0) is 15.6 Å². The molecule has 0 aliphatic rings. The Morgan fingerprint density at radius 1 is 1.38 bits per heavy atom. The van der Waals surface area contributed by atoms with E-state index >= 15 is 0 Å². The van der Waals surface area contributed by atoms with Gasteiger partial charge in [-0.25, -0.2) is 9.59 Å². The Hall–Kier alpha value is -2.09. The molecule has 0 radical (unpaired) electrons. The number of urea groups is 1. The average Bonchev–Trinajstić information content (AvgIpc) is 2.45. The van der Waals surface area contributed by atoms with Gasteiger partial charge < -0.3 is 20.5 Å². The van der Waals surface area contributed by atoms with E-state index in [-0.39, 0.29) is 0 Å². The van der Waals surface area contributed by atoms with Crippen molar-refractivity contribution in [2.24, 2.45) is 0 Å². The summed E-state index contributed by atoms with van der Waals surface area (Å²) >= 11 is 0. The third kappa shape index (κ3) is 7.31. The monoisotopic (exact) mass is 314 g/mol. The largest absolute Gasteiger partial charge is 0.482 e. The van der Waals surface area contributed by atoms with E-state index in [0.717, 1.165) is 0 Å². The van der Waals surface area contributed by atoms with Crippen molar-refractivity contribution >= 4 is 28.5 Å². The molecule has 0 heterocycles. The molecule has 1 unspecified atom stereocenters. The normalized spacial score (nSPS) is 11.5. The summed E-state index contributed by atoms with van der Waals surface area (Å²) in [5, 5.41) is 13.7. The summed E-state index contributed by atoms with van der Waals surface area (Å²) in [6, 6.07) is 5.98. The van der Waals surface area contributed by atoms with Gasteiger partial charge in [0.25, 0.3) is 0 Å². The van der Waals surface area contributed by atoms with Gasteiger partial charge in [-0.15, -0.1) is 0 Å². The fraction of sp³-hybridized carbons (Fsp3) is 0.385. The van der Waals surface area contributed by atoms with Crippen molar-refractivity contribution < 1.29 is 23.6 Å². The molecule has 1 rings (SSSR count). The van der Waals surface area contributed by atoms with Crippen LogP contribution < -0.4 is 15.4 Å². The van der Waals surface area contributed by atoms with Crippen LogP contribution >= 0.6 is 0 Å². The van der Waals surface area contributed by atoms with Crippen molar-refractivity contribution in [1.82, 2.24) is 5.32 Å². The summed E-state index contributed by atoms with van der Waals surface area (Å²) < 4.78 is 16.2. The molecule has 0 aliphatic heterocycles. The van der Waals surface area contributed by atoms with Crippen molar-refractivity contribution in [2.45, 2.75) is 6.92 Å². The number of amides is 2. The van der Waals surface area contributed by atoms with E-state index in [1.807, 2.05) is 6.92 Å². The molecule has 0 saturated carbocycles. The quantitative estimate of drug-likeness (QED) is 0.665. The molecule has 3 N–H and O–H groups in total. The lowest BCUT2D eigenvalue weighted by molar-refractivity contribution is -0.139. The smallest absolute Gasteiger partial charge is 0.341 e. The molecule has 0 bridgehead atoms. The van der Waals surface area contributed by atoms with Crippen LogP contribution in [0.3, 0.4) is 0 Å². The molecule has 0 spiro atoms. The van der Waals surface area contributed by atoms with Crippen LogP contribution in [0.5, 0.6) is 5.75 Å². The van der Waals surface area contributed by atoms with Gasteiger partial charge in [-0.1, -0.05) is 13.0 Å². The first-order valence-corrected chi connectivity index (χ1v) is 7.84. The maximum absolute atomic E-state index is 11.6. The third-order valence-electron chi connectivity index (χ3n) is 2.39. The zero-order valence-electron chi connectivity index (χ0n) is 11.6. The van der Waals surface area contributed by atoms with E-state index in [4.69, 9.17) is 9.84 Å². The van der Waals surface area contributed by atoms with E-state index in [0.29, 0.717) is 29.5 Å². The van der Waals surface area contributed by atoms with Gasteiger partial charge in [0.05, 0.1) is 0 Å². The number of carbonyl (C=O) groups excluding carboxylic acids is 1. The summed E-state index contributed by atoms with van der Waals surface area (Å²) in [6.07, 6.45) is 0. The summed E-state index contributed by atoms with van der Waals surface area (Å²) in [6.45, 7) is 1.69. The average molecular weight is 314 g/mol. The number of carboxylic acids is 1. The van der Waals surface area contributed by atoms with Crippen molar-refractivity contribution in [1.29, 1.82) is 0 Å². The summed E-state index contributed by atoms with van der Waals surface area (Å²) in [4.78, 5) is 22.0. The lowest BCUT2D eigenvalue weighted by atomic mass is 10.3. The van der Waals surface area contributed by atoms with Crippen LogP contribution in [0.25, 0.3) is 0 Å². The van der Waals surface area contributed by atoms with E-state index in [9.17, 15) is 13.8 Å². The van der Waals surface area contributed by atoms with Crippen molar-refractivity contribution in [3.63, 3.8) is 0 Å². The van der Waals surface area contributed by atoms with E-state index in [2.05, 4.69) is 10.6 Å². The predicted molar refractivity (Wildman–Crippen MR) is 80.1 cm³/mol. The molecule has 1 atom stereocenters. The fourth-order valence-corrected chi connectivity index (χ4v) is 2.03. The Labute approximate surface area is 125 Å². The minimum Gasteiger partial charge on any atom is -0.482 e. The minimum absolute atomic E-state index is 0.321. The number of nitrogens with one attached hydrogen (secondary N) is 2. The zero-order chi connectivity index (χ0) is 15.7. The standard InChI is InChI=1S/C13H18N2O5S/c1-2-21(19)7-6-14-13(18)15-10-4-3-5-11(8-10)20-9-12(16)17/h3-5,8H,2,6-7,9H2,1H3,(H,16,17)(H2,14,15,18). The van der Waals surface area contributed by atoms with Gasteiger partial charge in [-0.05, 0) is 12.1 Å². The molecule has 7 nitrogen and oxygen atoms in total. The molecule has 8 heteroatoms. The van der Waals surface area contributed by atoms with Gasteiger partial charge >= 0.3 is 12.0 Å². The van der Waals surface area contributed by atoms with Gasteiger partial charge in [0.2, 0.25) is 0 Å². The Kier molecular flexibility index (Phi) is 7.24. The molecule has 0 aliphatic carbocycles. The highest BCUT2D eigenvalue weighted by atomic mass is 32.2. The number of rotatable bonds is 8. The second-order valence-electron chi connectivity index (χ2n) is 4.02. The lowest BCUT2D eigenvalue weighted by Crippen LogP contribution is -2.32. The van der Waals surface area contributed by atoms with Gasteiger partial charge in [0.15, 0.2) is 6.61 Å². The second kappa shape index (κ2) is 8.96. The number of ether oxygens (including phenoxy) is 1. The van der Waals surface area contributed by atoms with E-state index < -0.39 is 29.4 Å². The maximum atomic E-state index is 11.6. The molecular formula is C13H18N2O5S. The highest BCUT2D eigenvalue weighted by molar-refractivity contribution is 7.84. The fourth-order valence-electron chi connectivity index (χ4n) is 1.41. The summed E-state index contributed by atoms with van der Waals surface area (Å²) in [5.74, 6) is 0.245. The Morgan fingerprint density at radius 3 is 2.81 bits per heavy atom. The summed E-state index contributed by atoms with van der Waals surface area (Å²) in [5.41, 5.74) is 0.479. The number of carboxylic acid groups (broad SMARTS) is 1. The van der Waals surface area contributed by atoms with Crippen LogP contribution in [0.2, 0.25) is 0 Å². The van der Waals surface area contributed by atoms with Gasteiger partial charge in [0.1, 0.15) is 5.75 Å². The van der Waals surface area contributed by atoms with Crippen LogP contribution in [0, 0.1) is 0 Å². The molecule has 1 aromatic rings. The van der Waals surface area contributed by atoms with Gasteiger partial charge in [-0.2, -0.15) is 0 Å².